The first-order valence-corrected chi connectivity index (χ1v) is 5.85. The SMILES string of the molecule is Nc1cc(Br)c(Cl)cc1N1CCCC1. The molecule has 14 heavy (non-hydrogen) atoms. The van der Waals surface area contributed by atoms with Gasteiger partial charge in [-0.25, -0.2) is 0 Å². The smallest absolute Gasteiger partial charge is 0.0615 e. The second-order valence-corrected chi connectivity index (χ2v) is 4.78. The Kier molecular flexibility index (Phi) is 2.88. The minimum Gasteiger partial charge on any atom is -0.397 e. The highest BCUT2D eigenvalue weighted by Crippen LogP contribution is 2.34. The van der Waals surface area contributed by atoms with Gasteiger partial charge >= 0.3 is 0 Å². The van der Waals surface area contributed by atoms with Crippen LogP contribution in [0.2, 0.25) is 5.02 Å². The number of rotatable bonds is 1. The molecule has 1 aromatic carbocycles. The van der Waals surface area contributed by atoms with E-state index in [1.54, 1.807) is 0 Å². The second-order valence-electron chi connectivity index (χ2n) is 3.52. The molecule has 4 heteroatoms. The monoisotopic (exact) mass is 274 g/mol. The summed E-state index contributed by atoms with van der Waals surface area (Å²) in [7, 11) is 0. The first-order valence-electron chi connectivity index (χ1n) is 4.68. The van der Waals surface area contributed by atoms with Crippen molar-refractivity contribution in [2.45, 2.75) is 12.8 Å². The van der Waals surface area contributed by atoms with Gasteiger partial charge in [-0.2, -0.15) is 0 Å². The average Bonchev–Trinajstić information content (AvgIpc) is 2.64. The molecule has 2 rings (SSSR count). The van der Waals surface area contributed by atoms with Gasteiger partial charge in [-0.3, -0.25) is 0 Å². The van der Waals surface area contributed by atoms with Crippen LogP contribution in [0.15, 0.2) is 16.6 Å². The normalized spacial score (nSPS) is 16.3. The number of hydrogen-bond donors (Lipinski definition) is 1. The number of anilines is 2. The topological polar surface area (TPSA) is 29.3 Å². The fourth-order valence-corrected chi connectivity index (χ4v) is 2.30. The molecule has 1 fully saturated rings. The van der Waals surface area contributed by atoms with Crippen LogP contribution in [0.4, 0.5) is 11.4 Å². The summed E-state index contributed by atoms with van der Waals surface area (Å²) in [5, 5.41) is 0.723. The van der Waals surface area contributed by atoms with Crippen molar-refractivity contribution in [2.24, 2.45) is 0 Å². The zero-order chi connectivity index (χ0) is 10.1. The molecule has 0 aliphatic carbocycles. The molecule has 1 aromatic rings. The summed E-state index contributed by atoms with van der Waals surface area (Å²) < 4.78 is 0.861. The van der Waals surface area contributed by atoms with Crippen molar-refractivity contribution in [3.63, 3.8) is 0 Å². The lowest BCUT2D eigenvalue weighted by Crippen LogP contribution is -2.18. The summed E-state index contributed by atoms with van der Waals surface area (Å²) in [6.07, 6.45) is 2.49. The Balaban J connectivity index is 2.37. The number of halogens is 2. The molecule has 1 heterocycles. The predicted molar refractivity (Wildman–Crippen MR) is 65.0 cm³/mol. The molecular formula is C10H12BrClN2. The average molecular weight is 276 g/mol. The van der Waals surface area contributed by atoms with Crippen molar-refractivity contribution >= 4 is 38.9 Å². The Morgan fingerprint density at radius 1 is 1.29 bits per heavy atom. The van der Waals surface area contributed by atoms with Crippen LogP contribution in [-0.2, 0) is 0 Å². The summed E-state index contributed by atoms with van der Waals surface area (Å²) in [6.45, 7) is 2.17. The van der Waals surface area contributed by atoms with E-state index in [0.29, 0.717) is 0 Å². The zero-order valence-corrected chi connectivity index (χ0v) is 10.1. The maximum atomic E-state index is 6.04. The first kappa shape index (κ1) is 10.1. The molecule has 1 aliphatic rings. The van der Waals surface area contributed by atoms with Crippen LogP contribution in [0.5, 0.6) is 0 Å². The number of nitrogens with zero attached hydrogens (tertiary/aromatic N) is 1. The molecule has 0 spiro atoms. The van der Waals surface area contributed by atoms with Gasteiger partial charge in [0.25, 0.3) is 0 Å². The van der Waals surface area contributed by atoms with E-state index < -0.39 is 0 Å². The van der Waals surface area contributed by atoms with E-state index in [1.165, 1.54) is 12.8 Å². The van der Waals surface area contributed by atoms with Crippen LogP contribution in [0, 0.1) is 0 Å². The van der Waals surface area contributed by atoms with Crippen molar-refractivity contribution in [3.05, 3.63) is 21.6 Å². The fourth-order valence-electron chi connectivity index (χ4n) is 1.78. The van der Waals surface area contributed by atoms with E-state index in [4.69, 9.17) is 17.3 Å². The summed E-state index contributed by atoms with van der Waals surface area (Å²) in [5.41, 5.74) is 7.80. The molecule has 76 valence electrons. The maximum absolute atomic E-state index is 6.04. The molecular weight excluding hydrogens is 263 g/mol. The molecule has 0 bridgehead atoms. The molecule has 2 N–H and O–H groups in total. The van der Waals surface area contributed by atoms with Crippen molar-refractivity contribution in [1.29, 1.82) is 0 Å². The lowest BCUT2D eigenvalue weighted by Gasteiger charge is -2.20. The van der Waals surface area contributed by atoms with Gasteiger partial charge in [0, 0.05) is 17.6 Å². The standard InChI is InChI=1S/C10H12BrClN2/c11-7-5-9(13)10(6-8(7)12)14-3-1-2-4-14/h5-6H,1-4,13H2. The summed E-state index contributed by atoms with van der Waals surface area (Å²) in [4.78, 5) is 2.29. The minimum atomic E-state index is 0.723. The van der Waals surface area contributed by atoms with Crippen molar-refractivity contribution in [2.75, 3.05) is 23.7 Å². The lowest BCUT2D eigenvalue weighted by molar-refractivity contribution is 0.949. The molecule has 1 saturated heterocycles. The van der Waals surface area contributed by atoms with E-state index in [-0.39, 0.29) is 0 Å². The molecule has 0 radical (unpaired) electrons. The van der Waals surface area contributed by atoms with Crippen molar-refractivity contribution in [3.8, 4) is 0 Å². The number of benzene rings is 1. The number of hydrogen-bond acceptors (Lipinski definition) is 2. The highest BCUT2D eigenvalue weighted by Gasteiger charge is 2.15. The third-order valence-electron chi connectivity index (χ3n) is 2.52. The summed E-state index contributed by atoms with van der Waals surface area (Å²) >= 11 is 9.39. The highest BCUT2D eigenvalue weighted by molar-refractivity contribution is 9.10. The molecule has 0 aromatic heterocycles. The van der Waals surface area contributed by atoms with Gasteiger partial charge in [-0.15, -0.1) is 0 Å². The van der Waals surface area contributed by atoms with Crippen LogP contribution in [0.25, 0.3) is 0 Å². The van der Waals surface area contributed by atoms with Gasteiger partial charge in [0.2, 0.25) is 0 Å². The van der Waals surface area contributed by atoms with E-state index >= 15 is 0 Å². The minimum absolute atomic E-state index is 0.723. The maximum Gasteiger partial charge on any atom is 0.0615 e. The lowest BCUT2D eigenvalue weighted by atomic mass is 10.2. The third-order valence-corrected chi connectivity index (χ3v) is 3.71. The van der Waals surface area contributed by atoms with Gasteiger partial charge in [-0.05, 0) is 40.9 Å². The number of nitrogens with two attached hydrogens (primary N) is 1. The second kappa shape index (κ2) is 3.99. The fraction of sp³-hybridized carbons (Fsp3) is 0.400. The zero-order valence-electron chi connectivity index (χ0n) is 7.76. The molecule has 0 amide bonds. The van der Waals surface area contributed by atoms with Crippen LogP contribution in [0.3, 0.4) is 0 Å². The van der Waals surface area contributed by atoms with Gasteiger partial charge in [0.15, 0.2) is 0 Å². The number of nitrogen functional groups attached to an aromatic ring is 1. The van der Waals surface area contributed by atoms with E-state index in [9.17, 15) is 0 Å². The van der Waals surface area contributed by atoms with Crippen LogP contribution in [-0.4, -0.2) is 13.1 Å². The third kappa shape index (κ3) is 1.84. The van der Waals surface area contributed by atoms with E-state index in [0.717, 1.165) is 34.0 Å². The van der Waals surface area contributed by atoms with Crippen LogP contribution >= 0.6 is 27.5 Å². The Morgan fingerprint density at radius 2 is 1.93 bits per heavy atom. The van der Waals surface area contributed by atoms with E-state index in [2.05, 4.69) is 20.8 Å². The van der Waals surface area contributed by atoms with Crippen LogP contribution in [0.1, 0.15) is 12.8 Å². The molecule has 2 nitrogen and oxygen atoms in total. The molecule has 1 aliphatic heterocycles. The van der Waals surface area contributed by atoms with Gasteiger partial charge in [-0.1, -0.05) is 11.6 Å². The Labute approximate surface area is 97.2 Å². The van der Waals surface area contributed by atoms with Gasteiger partial charge in [0.05, 0.1) is 16.4 Å². The van der Waals surface area contributed by atoms with Gasteiger partial charge in [0.1, 0.15) is 0 Å². The van der Waals surface area contributed by atoms with Crippen molar-refractivity contribution < 1.29 is 0 Å². The Bertz CT molecular complexity index is 348. The molecule has 0 unspecified atom stereocenters. The van der Waals surface area contributed by atoms with Crippen LogP contribution < -0.4 is 10.6 Å². The van der Waals surface area contributed by atoms with Gasteiger partial charge < -0.3 is 10.6 Å². The quantitative estimate of drug-likeness (QED) is 0.797. The Hall–Kier alpha value is -0.410. The first-order chi connectivity index (χ1) is 6.68. The van der Waals surface area contributed by atoms with E-state index in [1.807, 2.05) is 12.1 Å². The molecule has 0 atom stereocenters. The predicted octanol–water partition coefficient (Wildman–Crippen LogP) is 3.28. The highest BCUT2D eigenvalue weighted by atomic mass is 79.9. The van der Waals surface area contributed by atoms with Crippen molar-refractivity contribution in [1.82, 2.24) is 0 Å². The Morgan fingerprint density at radius 3 is 2.57 bits per heavy atom. The summed E-state index contributed by atoms with van der Waals surface area (Å²) in [6, 6.07) is 3.81. The molecule has 0 saturated carbocycles. The summed E-state index contributed by atoms with van der Waals surface area (Å²) in [5.74, 6) is 0. The largest absolute Gasteiger partial charge is 0.397 e.